The van der Waals surface area contributed by atoms with E-state index in [1.54, 1.807) is 0 Å². The van der Waals surface area contributed by atoms with E-state index in [9.17, 15) is 0 Å². The molecule has 0 heterocycles. The molecule has 0 fully saturated rings. The van der Waals surface area contributed by atoms with Crippen molar-refractivity contribution in [2.24, 2.45) is 5.92 Å². The molecule has 0 unspecified atom stereocenters. The summed E-state index contributed by atoms with van der Waals surface area (Å²) in [5, 5.41) is 0. The van der Waals surface area contributed by atoms with E-state index in [-0.39, 0.29) is 0 Å². The summed E-state index contributed by atoms with van der Waals surface area (Å²) in [6.07, 6.45) is 5.36. The Kier molecular flexibility index (Phi) is 8.24. The van der Waals surface area contributed by atoms with E-state index < -0.39 is 0 Å². The van der Waals surface area contributed by atoms with Crippen LogP contribution in [0.3, 0.4) is 0 Å². The van der Waals surface area contributed by atoms with Gasteiger partial charge < -0.3 is 0 Å². The first-order valence-corrected chi connectivity index (χ1v) is 5.82. The molecule has 0 N–H and O–H groups in total. The summed E-state index contributed by atoms with van der Waals surface area (Å²) in [5.41, 5.74) is 0. The van der Waals surface area contributed by atoms with Gasteiger partial charge in [-0.1, -0.05) is 44.1 Å². The maximum atomic E-state index is 5.46. The molecular formula is C8H17ClS. The molecule has 0 saturated carbocycles. The van der Waals surface area contributed by atoms with Crippen molar-refractivity contribution in [3.63, 3.8) is 0 Å². The Balaban J connectivity index is 2.77. The van der Waals surface area contributed by atoms with E-state index in [1.807, 2.05) is 0 Å². The second-order valence-electron chi connectivity index (χ2n) is 3.06. The molecule has 0 bridgehead atoms. The number of hydrogen-bond donors (Lipinski definition) is 0. The zero-order valence-corrected chi connectivity index (χ0v) is 8.47. The SMILES string of the molecule is CC(C)CCCCCSCl. The van der Waals surface area contributed by atoms with Crippen molar-refractivity contribution >= 4 is 21.7 Å². The number of rotatable bonds is 6. The minimum absolute atomic E-state index is 0.864. The van der Waals surface area contributed by atoms with Crippen LogP contribution in [0.1, 0.15) is 39.5 Å². The fourth-order valence-electron chi connectivity index (χ4n) is 0.886. The van der Waals surface area contributed by atoms with Gasteiger partial charge in [-0.15, -0.1) is 0 Å². The van der Waals surface area contributed by atoms with Crippen molar-refractivity contribution in [2.75, 3.05) is 5.75 Å². The molecule has 0 nitrogen and oxygen atoms in total. The molecule has 0 aliphatic carbocycles. The maximum Gasteiger partial charge on any atom is 0.00852 e. The van der Waals surface area contributed by atoms with Crippen molar-refractivity contribution in [2.45, 2.75) is 39.5 Å². The Morgan fingerprint density at radius 3 is 2.40 bits per heavy atom. The minimum Gasteiger partial charge on any atom is -0.0628 e. The van der Waals surface area contributed by atoms with Gasteiger partial charge in [-0.3, -0.25) is 0 Å². The maximum absolute atomic E-state index is 5.46. The van der Waals surface area contributed by atoms with Crippen molar-refractivity contribution in [3.8, 4) is 0 Å². The highest BCUT2D eigenvalue weighted by Crippen LogP contribution is 2.12. The predicted molar refractivity (Wildman–Crippen MR) is 51.6 cm³/mol. The molecule has 0 spiro atoms. The monoisotopic (exact) mass is 180 g/mol. The highest BCUT2D eigenvalue weighted by Gasteiger charge is 1.93. The van der Waals surface area contributed by atoms with Crippen LogP contribution in [0.2, 0.25) is 0 Å². The molecule has 0 aliphatic heterocycles. The summed E-state index contributed by atoms with van der Waals surface area (Å²) in [6.45, 7) is 4.55. The standard InChI is InChI=1S/C8H17ClS/c1-8(2)6-4-3-5-7-10-9/h8H,3-7H2,1-2H3. The third kappa shape index (κ3) is 8.64. The molecule has 0 aliphatic rings. The predicted octanol–water partition coefficient (Wildman–Crippen LogP) is 4.09. The van der Waals surface area contributed by atoms with Crippen molar-refractivity contribution < 1.29 is 0 Å². The van der Waals surface area contributed by atoms with Crippen LogP contribution >= 0.6 is 21.7 Å². The Bertz CT molecular complexity index is 64.3. The highest BCUT2D eigenvalue weighted by atomic mass is 35.7. The number of unbranched alkanes of at least 4 members (excludes halogenated alkanes) is 2. The summed E-state index contributed by atoms with van der Waals surface area (Å²) < 4.78 is 0. The molecule has 0 saturated heterocycles. The third-order valence-electron chi connectivity index (χ3n) is 1.50. The molecule has 0 atom stereocenters. The molecule has 2 heteroatoms. The zero-order valence-electron chi connectivity index (χ0n) is 6.90. The first kappa shape index (κ1) is 10.6. The minimum atomic E-state index is 0.864. The van der Waals surface area contributed by atoms with E-state index in [1.165, 1.54) is 36.7 Å². The van der Waals surface area contributed by atoms with Crippen LogP contribution in [0.5, 0.6) is 0 Å². The first-order chi connectivity index (χ1) is 4.77. The van der Waals surface area contributed by atoms with Crippen molar-refractivity contribution in [3.05, 3.63) is 0 Å². The summed E-state index contributed by atoms with van der Waals surface area (Å²) in [4.78, 5) is 0. The summed E-state index contributed by atoms with van der Waals surface area (Å²) in [5.74, 6) is 1.98. The largest absolute Gasteiger partial charge is 0.0628 e. The topological polar surface area (TPSA) is 0 Å². The van der Waals surface area contributed by atoms with Crippen LogP contribution in [0.25, 0.3) is 0 Å². The Morgan fingerprint density at radius 2 is 1.90 bits per heavy atom. The second-order valence-corrected chi connectivity index (χ2v) is 4.34. The van der Waals surface area contributed by atoms with Gasteiger partial charge in [0.15, 0.2) is 0 Å². The summed E-state index contributed by atoms with van der Waals surface area (Å²) in [7, 11) is 6.89. The van der Waals surface area contributed by atoms with Gasteiger partial charge in [0.2, 0.25) is 0 Å². The first-order valence-electron chi connectivity index (χ1n) is 4.01. The highest BCUT2D eigenvalue weighted by molar-refractivity contribution is 8.21. The molecule has 62 valence electrons. The Morgan fingerprint density at radius 1 is 1.20 bits per heavy atom. The van der Waals surface area contributed by atoms with Gasteiger partial charge in [0.1, 0.15) is 0 Å². The average Bonchev–Trinajstić information content (AvgIpc) is 1.87. The van der Waals surface area contributed by atoms with Crippen LogP contribution in [-0.4, -0.2) is 5.75 Å². The zero-order chi connectivity index (χ0) is 7.82. The van der Waals surface area contributed by atoms with Gasteiger partial charge in [-0.25, -0.2) is 0 Å². The second kappa shape index (κ2) is 7.74. The van der Waals surface area contributed by atoms with Gasteiger partial charge in [0.25, 0.3) is 0 Å². The fourth-order valence-corrected chi connectivity index (χ4v) is 1.53. The Hall–Kier alpha value is 0.640. The van der Waals surface area contributed by atoms with Gasteiger partial charge >= 0.3 is 0 Å². The van der Waals surface area contributed by atoms with E-state index in [4.69, 9.17) is 10.7 Å². The van der Waals surface area contributed by atoms with E-state index in [2.05, 4.69) is 13.8 Å². The fraction of sp³-hybridized carbons (Fsp3) is 1.00. The normalized spacial score (nSPS) is 10.8. The molecule has 0 aromatic rings. The van der Waals surface area contributed by atoms with E-state index >= 15 is 0 Å². The van der Waals surface area contributed by atoms with E-state index in [0.29, 0.717) is 0 Å². The lowest BCUT2D eigenvalue weighted by Crippen LogP contribution is -1.87. The lowest BCUT2D eigenvalue weighted by molar-refractivity contribution is 0.535. The molecular weight excluding hydrogens is 164 g/mol. The lowest BCUT2D eigenvalue weighted by atomic mass is 10.1. The molecule has 0 rings (SSSR count). The Labute approximate surface area is 73.2 Å². The molecule has 0 amide bonds. The van der Waals surface area contributed by atoms with E-state index in [0.717, 1.165) is 11.7 Å². The number of hydrogen-bond acceptors (Lipinski definition) is 1. The summed E-state index contributed by atoms with van der Waals surface area (Å²) in [6, 6.07) is 0. The van der Waals surface area contributed by atoms with Crippen LogP contribution in [0.15, 0.2) is 0 Å². The van der Waals surface area contributed by atoms with Crippen LogP contribution in [-0.2, 0) is 0 Å². The molecule has 10 heavy (non-hydrogen) atoms. The van der Waals surface area contributed by atoms with Crippen LogP contribution in [0.4, 0.5) is 0 Å². The number of halogens is 1. The van der Waals surface area contributed by atoms with Crippen LogP contribution in [0, 0.1) is 5.92 Å². The van der Waals surface area contributed by atoms with Gasteiger partial charge in [-0.05, 0) is 23.0 Å². The lowest BCUT2D eigenvalue weighted by Gasteiger charge is -2.02. The quantitative estimate of drug-likeness (QED) is 0.555. The molecule has 0 radical (unpaired) electrons. The smallest absolute Gasteiger partial charge is 0.00852 e. The van der Waals surface area contributed by atoms with Gasteiger partial charge in [0.05, 0.1) is 0 Å². The van der Waals surface area contributed by atoms with Crippen molar-refractivity contribution in [1.82, 2.24) is 0 Å². The van der Waals surface area contributed by atoms with Gasteiger partial charge in [0, 0.05) is 5.75 Å². The average molecular weight is 181 g/mol. The van der Waals surface area contributed by atoms with Crippen LogP contribution < -0.4 is 0 Å². The van der Waals surface area contributed by atoms with Gasteiger partial charge in [-0.2, -0.15) is 0 Å². The summed E-state index contributed by atoms with van der Waals surface area (Å²) >= 11 is 0. The molecule has 0 aromatic carbocycles. The van der Waals surface area contributed by atoms with Crippen molar-refractivity contribution in [1.29, 1.82) is 0 Å². The third-order valence-corrected chi connectivity index (χ3v) is 2.41. The molecule has 0 aromatic heterocycles.